The summed E-state index contributed by atoms with van der Waals surface area (Å²) in [7, 11) is -0.338. The van der Waals surface area contributed by atoms with Gasteiger partial charge in [-0.05, 0) is 39.0 Å². The van der Waals surface area contributed by atoms with Gasteiger partial charge in [0, 0.05) is 27.2 Å². The zero-order valence-electron chi connectivity index (χ0n) is 14.6. The molecule has 1 aliphatic rings. The van der Waals surface area contributed by atoms with Gasteiger partial charge in [0.05, 0.1) is 27.6 Å². The number of hydrogen-bond donors (Lipinski definition) is 0. The number of rotatable bonds is 2. The second kappa shape index (κ2) is 5.44. The second-order valence-corrected chi connectivity index (χ2v) is 8.97. The summed E-state index contributed by atoms with van der Waals surface area (Å²) in [5, 5.41) is 0. The van der Waals surface area contributed by atoms with Crippen molar-refractivity contribution in [2.75, 3.05) is 13.1 Å². The third kappa shape index (κ3) is 2.68. The van der Waals surface area contributed by atoms with Crippen LogP contribution in [0.3, 0.4) is 0 Å². The summed E-state index contributed by atoms with van der Waals surface area (Å²) < 4.78 is 36.3. The van der Waals surface area contributed by atoms with E-state index in [1.807, 2.05) is 20.8 Å². The molecule has 3 rings (SSSR count). The maximum absolute atomic E-state index is 13.0. The minimum atomic E-state index is -3.65. The predicted octanol–water partition coefficient (Wildman–Crippen LogP) is 1.06. The molecule has 0 spiro atoms. The van der Waals surface area contributed by atoms with Crippen molar-refractivity contribution >= 4 is 21.1 Å². The van der Waals surface area contributed by atoms with Crippen molar-refractivity contribution in [2.24, 2.45) is 14.1 Å². The van der Waals surface area contributed by atoms with Gasteiger partial charge < -0.3 is 4.74 Å². The lowest BCUT2D eigenvalue weighted by Crippen LogP contribution is -2.53. The Hall–Kier alpha value is -1.64. The van der Waals surface area contributed by atoms with E-state index in [0.29, 0.717) is 24.1 Å². The first-order chi connectivity index (χ1) is 11.0. The van der Waals surface area contributed by atoms with E-state index in [1.54, 1.807) is 32.3 Å². The molecule has 1 unspecified atom stereocenters. The van der Waals surface area contributed by atoms with Crippen LogP contribution in [-0.2, 0) is 28.9 Å². The monoisotopic (exact) mass is 353 g/mol. The lowest BCUT2D eigenvalue weighted by atomic mass is 10.1. The molecular weight excluding hydrogens is 330 g/mol. The Morgan fingerprint density at radius 2 is 1.79 bits per heavy atom. The summed E-state index contributed by atoms with van der Waals surface area (Å²) in [6.07, 6.45) is -0.173. The van der Waals surface area contributed by atoms with E-state index < -0.39 is 15.6 Å². The van der Waals surface area contributed by atoms with Crippen molar-refractivity contribution in [1.29, 1.82) is 0 Å². The molecule has 0 saturated carbocycles. The highest BCUT2D eigenvalue weighted by Gasteiger charge is 2.38. The third-order valence-corrected chi connectivity index (χ3v) is 6.23. The van der Waals surface area contributed by atoms with Gasteiger partial charge in [-0.2, -0.15) is 4.31 Å². The number of aryl methyl sites for hydroxylation is 2. The molecule has 1 saturated heterocycles. The maximum Gasteiger partial charge on any atom is 0.328 e. The normalized spacial score (nSPS) is 22.1. The molecule has 1 fully saturated rings. The summed E-state index contributed by atoms with van der Waals surface area (Å²) in [5.74, 6) is 0. The molecule has 0 aliphatic carbocycles. The molecule has 2 heterocycles. The molecule has 0 N–H and O–H groups in total. The molecule has 0 radical (unpaired) electrons. The van der Waals surface area contributed by atoms with Gasteiger partial charge in [-0.25, -0.2) is 13.2 Å². The van der Waals surface area contributed by atoms with Gasteiger partial charge in [0.1, 0.15) is 0 Å². The molecule has 7 nitrogen and oxygen atoms in total. The lowest BCUT2D eigenvalue weighted by Gasteiger charge is -2.40. The van der Waals surface area contributed by atoms with Crippen LogP contribution >= 0.6 is 0 Å². The van der Waals surface area contributed by atoms with E-state index in [9.17, 15) is 13.2 Å². The molecule has 1 aromatic carbocycles. The number of imidazole rings is 1. The molecule has 1 atom stereocenters. The number of ether oxygens (including phenoxy) is 1. The highest BCUT2D eigenvalue weighted by molar-refractivity contribution is 7.89. The number of benzene rings is 1. The zero-order chi connectivity index (χ0) is 17.9. The van der Waals surface area contributed by atoms with E-state index in [2.05, 4.69) is 0 Å². The molecule has 2 aromatic rings. The SMILES string of the molecule is CC1CN(S(=O)(=O)c2ccc3c(c2)n(C)c(=O)n3C)CC(C)(C)O1. The number of hydrogen-bond acceptors (Lipinski definition) is 4. The van der Waals surface area contributed by atoms with Crippen LogP contribution in [0.25, 0.3) is 11.0 Å². The van der Waals surface area contributed by atoms with Gasteiger partial charge in [0.2, 0.25) is 10.0 Å². The average molecular weight is 353 g/mol. The van der Waals surface area contributed by atoms with E-state index in [1.165, 1.54) is 13.4 Å². The summed E-state index contributed by atoms with van der Waals surface area (Å²) in [4.78, 5) is 12.2. The van der Waals surface area contributed by atoms with Crippen molar-refractivity contribution in [2.45, 2.75) is 37.4 Å². The number of morpholine rings is 1. The summed E-state index contributed by atoms with van der Waals surface area (Å²) in [6.45, 7) is 6.25. The van der Waals surface area contributed by atoms with Crippen molar-refractivity contribution < 1.29 is 13.2 Å². The van der Waals surface area contributed by atoms with Crippen LogP contribution in [0.5, 0.6) is 0 Å². The molecule has 0 bridgehead atoms. The fraction of sp³-hybridized carbons (Fsp3) is 0.562. The fourth-order valence-electron chi connectivity index (χ4n) is 3.37. The van der Waals surface area contributed by atoms with Gasteiger partial charge in [-0.15, -0.1) is 0 Å². The van der Waals surface area contributed by atoms with Crippen LogP contribution < -0.4 is 5.69 Å². The van der Waals surface area contributed by atoms with Crippen molar-refractivity contribution in [1.82, 2.24) is 13.4 Å². The average Bonchev–Trinajstić information content (AvgIpc) is 2.70. The van der Waals surface area contributed by atoms with Crippen LogP contribution in [0.2, 0.25) is 0 Å². The summed E-state index contributed by atoms with van der Waals surface area (Å²) >= 11 is 0. The van der Waals surface area contributed by atoms with Gasteiger partial charge >= 0.3 is 5.69 Å². The first-order valence-corrected chi connectivity index (χ1v) is 9.30. The quantitative estimate of drug-likeness (QED) is 0.809. The smallest absolute Gasteiger partial charge is 0.328 e. The number of aromatic nitrogens is 2. The Morgan fingerprint density at radius 1 is 1.17 bits per heavy atom. The van der Waals surface area contributed by atoms with Gasteiger partial charge in [-0.1, -0.05) is 0 Å². The molecule has 1 aromatic heterocycles. The van der Waals surface area contributed by atoms with Crippen LogP contribution in [0.15, 0.2) is 27.9 Å². The summed E-state index contributed by atoms with van der Waals surface area (Å²) in [5.41, 5.74) is 0.594. The predicted molar refractivity (Wildman–Crippen MR) is 91.5 cm³/mol. The molecule has 132 valence electrons. The van der Waals surface area contributed by atoms with Crippen molar-refractivity contribution in [3.05, 3.63) is 28.7 Å². The van der Waals surface area contributed by atoms with Gasteiger partial charge in [0.15, 0.2) is 0 Å². The van der Waals surface area contributed by atoms with E-state index in [4.69, 9.17) is 4.74 Å². The third-order valence-electron chi connectivity index (χ3n) is 4.42. The minimum absolute atomic E-state index is 0.173. The van der Waals surface area contributed by atoms with E-state index in [0.717, 1.165) is 0 Å². The Kier molecular flexibility index (Phi) is 3.89. The highest BCUT2D eigenvalue weighted by Crippen LogP contribution is 2.27. The summed E-state index contributed by atoms with van der Waals surface area (Å²) in [6, 6.07) is 4.81. The van der Waals surface area contributed by atoms with Gasteiger partial charge in [0.25, 0.3) is 0 Å². The van der Waals surface area contributed by atoms with E-state index in [-0.39, 0.29) is 16.7 Å². The topological polar surface area (TPSA) is 73.5 Å². The molecule has 8 heteroatoms. The molecule has 1 aliphatic heterocycles. The molecule has 0 amide bonds. The van der Waals surface area contributed by atoms with Crippen LogP contribution in [0.4, 0.5) is 0 Å². The molecule has 24 heavy (non-hydrogen) atoms. The van der Waals surface area contributed by atoms with Crippen molar-refractivity contribution in [3.63, 3.8) is 0 Å². The second-order valence-electron chi connectivity index (χ2n) is 7.04. The number of fused-ring (bicyclic) bond motifs is 1. The van der Waals surface area contributed by atoms with E-state index >= 15 is 0 Å². The molecular formula is C16H23N3O4S. The van der Waals surface area contributed by atoms with Crippen molar-refractivity contribution in [3.8, 4) is 0 Å². The Bertz CT molecular complexity index is 956. The number of sulfonamides is 1. The van der Waals surface area contributed by atoms with Gasteiger partial charge in [-0.3, -0.25) is 9.13 Å². The highest BCUT2D eigenvalue weighted by atomic mass is 32.2. The van der Waals surface area contributed by atoms with Crippen LogP contribution in [0.1, 0.15) is 20.8 Å². The largest absolute Gasteiger partial charge is 0.370 e. The standard InChI is InChI=1S/C16H23N3O4S/c1-11-9-19(10-16(2,3)23-11)24(21,22)12-6-7-13-14(8-12)18(5)15(20)17(13)4/h6-8,11H,9-10H2,1-5H3. The number of nitrogens with zero attached hydrogens (tertiary/aromatic N) is 3. The lowest BCUT2D eigenvalue weighted by molar-refractivity contribution is -0.109. The maximum atomic E-state index is 13.0. The first kappa shape index (κ1) is 17.2. The first-order valence-electron chi connectivity index (χ1n) is 7.86. The van der Waals surface area contributed by atoms with Crippen LogP contribution in [-0.4, -0.2) is 46.7 Å². The fourth-order valence-corrected chi connectivity index (χ4v) is 5.06. The van der Waals surface area contributed by atoms with Crippen LogP contribution in [0, 0.1) is 0 Å². The zero-order valence-corrected chi connectivity index (χ0v) is 15.4. The Morgan fingerprint density at radius 3 is 2.42 bits per heavy atom. The Balaban J connectivity index is 2.09. The Labute approximate surface area is 141 Å². The minimum Gasteiger partial charge on any atom is -0.370 e.